The van der Waals surface area contributed by atoms with Gasteiger partial charge in [-0.05, 0) is 25.7 Å². The Morgan fingerprint density at radius 2 is 1.95 bits per heavy atom. The van der Waals surface area contributed by atoms with E-state index in [2.05, 4.69) is 25.9 Å². The molecule has 118 valence electrons. The molecule has 2 heterocycles. The highest BCUT2D eigenvalue weighted by Gasteiger charge is 2.31. The molecule has 0 radical (unpaired) electrons. The number of aryl methyl sites for hydroxylation is 1. The van der Waals surface area contributed by atoms with Crippen molar-refractivity contribution in [2.45, 2.75) is 52.1 Å². The number of nitrogens with zero attached hydrogens (tertiary/aromatic N) is 3. The average molecular weight is 293 g/mol. The Labute approximate surface area is 126 Å². The molecule has 1 N–H and O–H groups in total. The van der Waals surface area contributed by atoms with Crippen LogP contribution in [0.5, 0.6) is 0 Å². The van der Waals surface area contributed by atoms with Crippen LogP contribution in [0.25, 0.3) is 0 Å². The molecule has 0 aliphatic carbocycles. The van der Waals surface area contributed by atoms with Gasteiger partial charge in [0.25, 0.3) is 5.91 Å². The van der Waals surface area contributed by atoms with Crippen LogP contribution in [0.15, 0.2) is 6.20 Å². The van der Waals surface area contributed by atoms with Gasteiger partial charge < -0.3 is 10.0 Å². The molecule has 0 aromatic carbocycles. The van der Waals surface area contributed by atoms with E-state index < -0.39 is 0 Å². The van der Waals surface area contributed by atoms with Gasteiger partial charge in [-0.15, -0.1) is 0 Å². The molecular formula is C16H27N3O2. The van der Waals surface area contributed by atoms with E-state index in [0.29, 0.717) is 24.6 Å². The van der Waals surface area contributed by atoms with Crippen molar-refractivity contribution >= 4 is 5.91 Å². The normalized spacial score (nSPS) is 18.9. The number of hydrogen-bond donors (Lipinski definition) is 1. The molecule has 2 rings (SSSR count). The fourth-order valence-electron chi connectivity index (χ4n) is 2.95. The van der Waals surface area contributed by atoms with Crippen LogP contribution in [0.4, 0.5) is 0 Å². The third-order valence-electron chi connectivity index (χ3n) is 4.28. The number of aliphatic hydroxyl groups is 1. The number of likely N-dealkylation sites (tertiary alicyclic amines) is 1. The number of aliphatic hydroxyl groups excluding tert-OH is 1. The first-order valence-electron chi connectivity index (χ1n) is 7.71. The quantitative estimate of drug-likeness (QED) is 0.906. The summed E-state index contributed by atoms with van der Waals surface area (Å²) in [5, 5.41) is 14.1. The second-order valence-corrected chi connectivity index (χ2v) is 7.19. The van der Waals surface area contributed by atoms with Crippen LogP contribution < -0.4 is 0 Å². The highest BCUT2D eigenvalue weighted by atomic mass is 16.3. The molecule has 1 fully saturated rings. The zero-order chi connectivity index (χ0) is 15.8. The molecule has 1 amide bonds. The summed E-state index contributed by atoms with van der Waals surface area (Å²) in [6.07, 6.45) is 3.28. The van der Waals surface area contributed by atoms with Crippen molar-refractivity contribution in [3.05, 3.63) is 17.5 Å². The van der Waals surface area contributed by atoms with Crippen LogP contribution in [-0.4, -0.2) is 44.9 Å². The minimum atomic E-state index is -0.286. The first kappa shape index (κ1) is 16.0. The number of piperidine rings is 1. The first-order chi connectivity index (χ1) is 9.70. The van der Waals surface area contributed by atoms with Crippen LogP contribution in [-0.2, 0) is 12.5 Å². The maximum atomic E-state index is 12.8. The van der Waals surface area contributed by atoms with Crippen LogP contribution in [0.2, 0.25) is 0 Å². The number of amides is 1. The molecule has 1 saturated heterocycles. The molecular weight excluding hydrogens is 266 g/mol. The van der Waals surface area contributed by atoms with Crippen LogP contribution in [0.1, 0.15) is 56.6 Å². The van der Waals surface area contributed by atoms with E-state index in [0.717, 1.165) is 18.5 Å². The van der Waals surface area contributed by atoms with Crippen molar-refractivity contribution < 1.29 is 9.90 Å². The summed E-state index contributed by atoms with van der Waals surface area (Å²) in [7, 11) is 1.85. The molecule has 1 atom stereocenters. The van der Waals surface area contributed by atoms with E-state index in [1.807, 2.05) is 25.1 Å². The van der Waals surface area contributed by atoms with Crippen molar-refractivity contribution in [3.63, 3.8) is 0 Å². The van der Waals surface area contributed by atoms with Gasteiger partial charge in [-0.2, -0.15) is 5.10 Å². The number of hydrogen-bond acceptors (Lipinski definition) is 3. The third kappa shape index (κ3) is 3.46. The van der Waals surface area contributed by atoms with Gasteiger partial charge in [0, 0.05) is 31.7 Å². The SMILES string of the molecule is CC(O)C1CCN(C(=O)c2cn(C)nc2C(C)(C)C)CC1. The smallest absolute Gasteiger partial charge is 0.257 e. The second kappa shape index (κ2) is 5.79. The molecule has 0 saturated carbocycles. The Kier molecular flexibility index (Phi) is 4.42. The topological polar surface area (TPSA) is 58.4 Å². The monoisotopic (exact) mass is 293 g/mol. The Bertz CT molecular complexity index is 506. The molecule has 1 aliphatic rings. The van der Waals surface area contributed by atoms with E-state index in [-0.39, 0.29) is 17.4 Å². The molecule has 1 aromatic rings. The summed E-state index contributed by atoms with van der Waals surface area (Å²) < 4.78 is 1.72. The number of carbonyl (C=O) groups is 1. The summed E-state index contributed by atoms with van der Waals surface area (Å²) in [6.45, 7) is 9.49. The van der Waals surface area contributed by atoms with Crippen molar-refractivity contribution in [1.29, 1.82) is 0 Å². The lowest BCUT2D eigenvalue weighted by Crippen LogP contribution is -2.41. The predicted octanol–water partition coefficient (Wildman–Crippen LogP) is 1.95. The highest BCUT2D eigenvalue weighted by molar-refractivity contribution is 5.95. The molecule has 1 aromatic heterocycles. The van der Waals surface area contributed by atoms with Crippen molar-refractivity contribution in [2.75, 3.05) is 13.1 Å². The van der Waals surface area contributed by atoms with Gasteiger partial charge in [-0.25, -0.2) is 0 Å². The van der Waals surface area contributed by atoms with E-state index in [1.165, 1.54) is 0 Å². The summed E-state index contributed by atoms with van der Waals surface area (Å²) in [6, 6.07) is 0. The number of aromatic nitrogens is 2. The van der Waals surface area contributed by atoms with Crippen molar-refractivity contribution in [2.24, 2.45) is 13.0 Å². The standard InChI is InChI=1S/C16H27N3O2/c1-11(20)12-6-8-19(9-7-12)15(21)13-10-18(5)17-14(13)16(2,3)4/h10-12,20H,6-9H2,1-5H3. The molecule has 0 spiro atoms. The summed E-state index contributed by atoms with van der Waals surface area (Å²) in [5.74, 6) is 0.377. The van der Waals surface area contributed by atoms with Gasteiger partial charge >= 0.3 is 0 Å². The zero-order valence-electron chi connectivity index (χ0n) is 13.8. The first-order valence-corrected chi connectivity index (χ1v) is 7.71. The van der Waals surface area contributed by atoms with Crippen LogP contribution >= 0.6 is 0 Å². The number of rotatable bonds is 2. The highest BCUT2D eigenvalue weighted by Crippen LogP contribution is 2.27. The van der Waals surface area contributed by atoms with Crippen molar-refractivity contribution in [1.82, 2.24) is 14.7 Å². The number of carbonyl (C=O) groups excluding carboxylic acids is 1. The minimum Gasteiger partial charge on any atom is -0.393 e. The van der Waals surface area contributed by atoms with Gasteiger partial charge in [0.05, 0.1) is 17.4 Å². The average Bonchev–Trinajstić information content (AvgIpc) is 2.80. The Morgan fingerprint density at radius 3 is 2.43 bits per heavy atom. The van der Waals surface area contributed by atoms with Gasteiger partial charge in [0.1, 0.15) is 0 Å². The lowest BCUT2D eigenvalue weighted by Gasteiger charge is -2.33. The van der Waals surface area contributed by atoms with E-state index in [1.54, 1.807) is 4.68 Å². The zero-order valence-corrected chi connectivity index (χ0v) is 13.8. The van der Waals surface area contributed by atoms with Gasteiger partial charge in [-0.3, -0.25) is 9.48 Å². The van der Waals surface area contributed by atoms with E-state index >= 15 is 0 Å². The molecule has 1 unspecified atom stereocenters. The Morgan fingerprint density at radius 1 is 1.38 bits per heavy atom. The van der Waals surface area contributed by atoms with E-state index in [4.69, 9.17) is 0 Å². The van der Waals surface area contributed by atoms with Gasteiger partial charge in [0.15, 0.2) is 0 Å². The fourth-order valence-corrected chi connectivity index (χ4v) is 2.95. The summed E-state index contributed by atoms with van der Waals surface area (Å²) in [4.78, 5) is 14.7. The molecule has 5 nitrogen and oxygen atoms in total. The van der Waals surface area contributed by atoms with E-state index in [9.17, 15) is 9.90 Å². The van der Waals surface area contributed by atoms with Gasteiger partial charge in [-0.1, -0.05) is 20.8 Å². The second-order valence-electron chi connectivity index (χ2n) is 7.19. The summed E-state index contributed by atoms with van der Waals surface area (Å²) >= 11 is 0. The molecule has 5 heteroatoms. The maximum absolute atomic E-state index is 12.8. The lowest BCUT2D eigenvalue weighted by molar-refractivity contribution is 0.0519. The largest absolute Gasteiger partial charge is 0.393 e. The third-order valence-corrected chi connectivity index (χ3v) is 4.28. The summed E-state index contributed by atoms with van der Waals surface area (Å²) in [5.41, 5.74) is 1.41. The Hall–Kier alpha value is -1.36. The predicted molar refractivity (Wildman–Crippen MR) is 82.2 cm³/mol. The molecule has 1 aliphatic heterocycles. The maximum Gasteiger partial charge on any atom is 0.257 e. The van der Waals surface area contributed by atoms with Crippen LogP contribution in [0.3, 0.4) is 0 Å². The fraction of sp³-hybridized carbons (Fsp3) is 0.750. The lowest BCUT2D eigenvalue weighted by atomic mass is 9.88. The van der Waals surface area contributed by atoms with Crippen molar-refractivity contribution in [3.8, 4) is 0 Å². The molecule has 0 bridgehead atoms. The van der Waals surface area contributed by atoms with Crippen LogP contribution in [0, 0.1) is 5.92 Å². The molecule has 21 heavy (non-hydrogen) atoms. The Balaban J connectivity index is 2.15. The minimum absolute atomic E-state index is 0.0667. The van der Waals surface area contributed by atoms with Gasteiger partial charge in [0.2, 0.25) is 0 Å².